The Morgan fingerprint density at radius 3 is 2.20 bits per heavy atom. The van der Waals surface area contributed by atoms with Crippen LogP contribution in [0.1, 0.15) is 32.6 Å². The third-order valence-electron chi connectivity index (χ3n) is 5.19. The highest BCUT2D eigenvalue weighted by Crippen LogP contribution is 2.33. The molecule has 0 unspecified atom stereocenters. The van der Waals surface area contributed by atoms with Crippen LogP contribution < -0.4 is 0 Å². The SMILES string of the molecule is CC(=O)N1CCN(CCN2[C@@H]3CC[C@H]2CC(=O)C3)CC1. The van der Waals surface area contributed by atoms with Crippen molar-refractivity contribution in [1.82, 2.24) is 14.7 Å². The van der Waals surface area contributed by atoms with Crippen molar-refractivity contribution in [3.05, 3.63) is 0 Å². The van der Waals surface area contributed by atoms with E-state index >= 15 is 0 Å². The Hall–Kier alpha value is -0.940. The minimum atomic E-state index is 0.192. The van der Waals surface area contributed by atoms with Gasteiger partial charge in [0.25, 0.3) is 0 Å². The highest BCUT2D eigenvalue weighted by molar-refractivity contribution is 5.80. The summed E-state index contributed by atoms with van der Waals surface area (Å²) in [5, 5.41) is 0. The molecule has 5 heteroatoms. The van der Waals surface area contributed by atoms with E-state index in [1.165, 1.54) is 12.8 Å². The number of carbonyl (C=O) groups excluding carboxylic acids is 2. The fourth-order valence-electron chi connectivity index (χ4n) is 3.97. The zero-order valence-electron chi connectivity index (χ0n) is 12.4. The molecule has 3 aliphatic heterocycles. The first-order chi connectivity index (χ1) is 9.63. The highest BCUT2D eigenvalue weighted by atomic mass is 16.2. The van der Waals surface area contributed by atoms with Crippen molar-refractivity contribution in [3.63, 3.8) is 0 Å². The van der Waals surface area contributed by atoms with E-state index in [0.29, 0.717) is 17.9 Å². The van der Waals surface area contributed by atoms with Gasteiger partial charge in [-0.05, 0) is 12.8 Å². The van der Waals surface area contributed by atoms with Crippen LogP contribution in [-0.4, -0.2) is 77.7 Å². The molecule has 2 atom stereocenters. The van der Waals surface area contributed by atoms with Crippen molar-refractivity contribution >= 4 is 11.7 Å². The summed E-state index contributed by atoms with van der Waals surface area (Å²) in [6.45, 7) is 7.51. The van der Waals surface area contributed by atoms with Gasteiger partial charge >= 0.3 is 0 Å². The average molecular weight is 279 g/mol. The van der Waals surface area contributed by atoms with Crippen LogP contribution in [0.5, 0.6) is 0 Å². The van der Waals surface area contributed by atoms with Crippen molar-refractivity contribution in [2.45, 2.75) is 44.7 Å². The second-order valence-corrected chi connectivity index (χ2v) is 6.42. The highest BCUT2D eigenvalue weighted by Gasteiger charge is 2.39. The number of fused-ring (bicyclic) bond motifs is 2. The Balaban J connectivity index is 1.44. The lowest BCUT2D eigenvalue weighted by Gasteiger charge is -2.38. The monoisotopic (exact) mass is 279 g/mol. The zero-order chi connectivity index (χ0) is 14.1. The van der Waals surface area contributed by atoms with Crippen LogP contribution in [0.25, 0.3) is 0 Å². The van der Waals surface area contributed by atoms with Gasteiger partial charge in [-0.2, -0.15) is 0 Å². The molecule has 2 bridgehead atoms. The molecule has 1 amide bonds. The summed E-state index contributed by atoms with van der Waals surface area (Å²) in [5.74, 6) is 0.654. The molecule has 3 heterocycles. The second kappa shape index (κ2) is 5.82. The van der Waals surface area contributed by atoms with Crippen molar-refractivity contribution in [3.8, 4) is 0 Å². The molecule has 20 heavy (non-hydrogen) atoms. The molecule has 3 saturated heterocycles. The zero-order valence-corrected chi connectivity index (χ0v) is 12.4. The number of nitrogens with zero attached hydrogens (tertiary/aromatic N) is 3. The van der Waals surface area contributed by atoms with E-state index in [0.717, 1.165) is 52.1 Å². The Labute approximate surface area is 120 Å². The second-order valence-electron chi connectivity index (χ2n) is 6.42. The number of Topliss-reactive ketones (excluding diaryl/α,β-unsaturated/α-hetero) is 1. The number of piperazine rings is 1. The van der Waals surface area contributed by atoms with Gasteiger partial charge in [0.15, 0.2) is 0 Å². The number of piperidine rings is 1. The molecule has 0 aliphatic carbocycles. The molecule has 0 radical (unpaired) electrons. The normalized spacial score (nSPS) is 31.9. The fourth-order valence-corrected chi connectivity index (χ4v) is 3.97. The van der Waals surface area contributed by atoms with Crippen LogP contribution in [0.3, 0.4) is 0 Å². The predicted molar refractivity (Wildman–Crippen MR) is 76.5 cm³/mol. The Bertz CT molecular complexity index is 375. The van der Waals surface area contributed by atoms with Gasteiger partial charge in [0, 0.05) is 71.1 Å². The molecule has 0 aromatic carbocycles. The number of amides is 1. The van der Waals surface area contributed by atoms with E-state index in [4.69, 9.17) is 0 Å². The van der Waals surface area contributed by atoms with E-state index in [1.807, 2.05) is 4.90 Å². The van der Waals surface area contributed by atoms with Gasteiger partial charge in [-0.15, -0.1) is 0 Å². The maximum atomic E-state index is 11.6. The van der Waals surface area contributed by atoms with Gasteiger partial charge in [-0.25, -0.2) is 0 Å². The molecular formula is C15H25N3O2. The molecule has 112 valence electrons. The lowest BCUT2D eigenvalue weighted by atomic mass is 10.0. The van der Waals surface area contributed by atoms with Crippen LogP contribution in [-0.2, 0) is 9.59 Å². The summed E-state index contributed by atoms with van der Waals surface area (Å²) in [4.78, 5) is 29.9. The first-order valence-electron chi connectivity index (χ1n) is 7.89. The number of hydrogen-bond acceptors (Lipinski definition) is 4. The first-order valence-corrected chi connectivity index (χ1v) is 7.89. The van der Waals surface area contributed by atoms with Crippen LogP contribution >= 0.6 is 0 Å². The summed E-state index contributed by atoms with van der Waals surface area (Å²) >= 11 is 0. The molecule has 3 rings (SSSR count). The molecule has 5 nitrogen and oxygen atoms in total. The summed E-state index contributed by atoms with van der Waals surface area (Å²) in [7, 11) is 0. The van der Waals surface area contributed by atoms with Crippen LogP contribution in [0.4, 0.5) is 0 Å². The van der Waals surface area contributed by atoms with Gasteiger partial charge in [-0.1, -0.05) is 0 Å². The van der Waals surface area contributed by atoms with Gasteiger partial charge in [0.2, 0.25) is 5.91 Å². The number of hydrogen-bond donors (Lipinski definition) is 0. The van der Waals surface area contributed by atoms with Crippen molar-refractivity contribution in [2.75, 3.05) is 39.3 Å². The Morgan fingerprint density at radius 2 is 1.65 bits per heavy atom. The topological polar surface area (TPSA) is 43.9 Å². The largest absolute Gasteiger partial charge is 0.340 e. The van der Waals surface area contributed by atoms with Gasteiger partial charge in [0.1, 0.15) is 5.78 Å². The van der Waals surface area contributed by atoms with Gasteiger partial charge in [0.05, 0.1) is 0 Å². The Morgan fingerprint density at radius 1 is 1.05 bits per heavy atom. The summed E-state index contributed by atoms with van der Waals surface area (Å²) < 4.78 is 0. The molecule has 0 aromatic heterocycles. The molecule has 0 N–H and O–H groups in total. The minimum absolute atomic E-state index is 0.192. The lowest BCUT2D eigenvalue weighted by Crippen LogP contribution is -2.51. The van der Waals surface area contributed by atoms with Crippen molar-refractivity contribution in [1.29, 1.82) is 0 Å². The van der Waals surface area contributed by atoms with Gasteiger partial charge in [-0.3, -0.25) is 19.4 Å². The molecular weight excluding hydrogens is 254 g/mol. The molecule has 0 spiro atoms. The average Bonchev–Trinajstić information content (AvgIpc) is 2.67. The summed E-state index contributed by atoms with van der Waals surface area (Å²) in [5.41, 5.74) is 0. The molecule has 0 saturated carbocycles. The maximum Gasteiger partial charge on any atom is 0.219 e. The number of ketones is 1. The Kier molecular flexibility index (Phi) is 4.08. The van der Waals surface area contributed by atoms with E-state index in [9.17, 15) is 9.59 Å². The van der Waals surface area contributed by atoms with Crippen molar-refractivity contribution < 1.29 is 9.59 Å². The molecule has 3 aliphatic rings. The van der Waals surface area contributed by atoms with E-state index in [-0.39, 0.29) is 5.91 Å². The predicted octanol–water partition coefficient (Wildman–Crippen LogP) is 0.346. The van der Waals surface area contributed by atoms with Gasteiger partial charge < -0.3 is 4.90 Å². The van der Waals surface area contributed by atoms with E-state index < -0.39 is 0 Å². The van der Waals surface area contributed by atoms with Crippen LogP contribution in [0, 0.1) is 0 Å². The quantitative estimate of drug-likeness (QED) is 0.747. The maximum absolute atomic E-state index is 11.6. The first kappa shape index (κ1) is 14.0. The summed E-state index contributed by atoms with van der Waals surface area (Å²) in [6, 6.07) is 1.03. The van der Waals surface area contributed by atoms with Crippen molar-refractivity contribution in [2.24, 2.45) is 0 Å². The van der Waals surface area contributed by atoms with Crippen LogP contribution in [0.15, 0.2) is 0 Å². The summed E-state index contributed by atoms with van der Waals surface area (Å²) in [6.07, 6.45) is 3.95. The standard InChI is InChI=1S/C15H25N3O2/c1-12(19)17-7-4-16(5-8-17)6-9-18-13-2-3-14(18)11-15(20)10-13/h13-14H,2-11H2,1H3/t13-,14+. The third kappa shape index (κ3) is 2.88. The molecule has 0 aromatic rings. The van der Waals surface area contributed by atoms with Crippen LogP contribution in [0.2, 0.25) is 0 Å². The smallest absolute Gasteiger partial charge is 0.219 e. The third-order valence-corrected chi connectivity index (χ3v) is 5.19. The van der Waals surface area contributed by atoms with E-state index in [2.05, 4.69) is 9.80 Å². The number of carbonyl (C=O) groups is 2. The lowest BCUT2D eigenvalue weighted by molar-refractivity contribution is -0.130. The van der Waals surface area contributed by atoms with E-state index in [1.54, 1.807) is 6.92 Å². The molecule has 3 fully saturated rings. The minimum Gasteiger partial charge on any atom is -0.340 e. The fraction of sp³-hybridized carbons (Fsp3) is 0.867. The number of rotatable bonds is 3.